The van der Waals surface area contributed by atoms with Crippen molar-refractivity contribution in [2.24, 2.45) is 0 Å². The highest BCUT2D eigenvalue weighted by Crippen LogP contribution is 2.17. The van der Waals surface area contributed by atoms with E-state index in [0.717, 1.165) is 25.2 Å². The Hall–Kier alpha value is -1.82. The second-order valence-corrected chi connectivity index (χ2v) is 6.54. The Bertz CT molecular complexity index is 524. The standard InChI is InChI=1S/C19H32N4O2/c1-3-5-11-23-12-7-6-8-17(23)15-22-19(24)21-14-16-9-10-20-18(13-16)25-4-2/h9-10,13,17H,3-8,11-12,14-15H2,1-2H3,(H2,21,22,24). The number of hydrogen-bond donors (Lipinski definition) is 2. The SMILES string of the molecule is CCCCN1CCCCC1CNC(=O)NCc1ccnc(OCC)c1. The van der Waals surface area contributed by atoms with Gasteiger partial charge in [0.05, 0.1) is 6.61 Å². The van der Waals surface area contributed by atoms with Crippen LogP contribution in [0, 0.1) is 0 Å². The number of ether oxygens (including phenoxy) is 1. The Balaban J connectivity index is 1.73. The van der Waals surface area contributed by atoms with Crippen LogP contribution in [0.5, 0.6) is 5.88 Å². The highest BCUT2D eigenvalue weighted by molar-refractivity contribution is 5.73. The maximum Gasteiger partial charge on any atom is 0.315 e. The van der Waals surface area contributed by atoms with Gasteiger partial charge in [-0.1, -0.05) is 19.8 Å². The summed E-state index contributed by atoms with van der Waals surface area (Å²) in [4.78, 5) is 18.8. The van der Waals surface area contributed by atoms with Crippen molar-refractivity contribution in [2.75, 3.05) is 26.2 Å². The molecular formula is C19H32N4O2. The number of amides is 2. The van der Waals surface area contributed by atoms with Gasteiger partial charge in [0.15, 0.2) is 0 Å². The molecule has 0 bridgehead atoms. The molecule has 2 amide bonds. The van der Waals surface area contributed by atoms with Crippen molar-refractivity contribution in [3.05, 3.63) is 23.9 Å². The molecule has 6 heteroatoms. The Kier molecular flexibility index (Phi) is 8.52. The van der Waals surface area contributed by atoms with E-state index < -0.39 is 0 Å². The van der Waals surface area contributed by atoms with Gasteiger partial charge in [0.2, 0.25) is 5.88 Å². The molecule has 1 fully saturated rings. The predicted octanol–water partition coefficient (Wildman–Crippen LogP) is 2.93. The minimum absolute atomic E-state index is 0.115. The van der Waals surface area contributed by atoms with Gasteiger partial charge in [0.25, 0.3) is 0 Å². The maximum absolute atomic E-state index is 12.1. The van der Waals surface area contributed by atoms with Gasteiger partial charge in [0.1, 0.15) is 0 Å². The molecule has 0 aliphatic carbocycles. The fourth-order valence-electron chi connectivity index (χ4n) is 3.19. The minimum Gasteiger partial charge on any atom is -0.478 e. The first kappa shape index (κ1) is 19.5. The quantitative estimate of drug-likeness (QED) is 0.720. The molecule has 0 radical (unpaired) electrons. The zero-order valence-corrected chi connectivity index (χ0v) is 15.6. The van der Waals surface area contributed by atoms with Crippen LogP contribution in [-0.4, -0.2) is 48.2 Å². The van der Waals surface area contributed by atoms with Crippen molar-refractivity contribution in [3.8, 4) is 5.88 Å². The number of nitrogens with one attached hydrogen (secondary N) is 2. The highest BCUT2D eigenvalue weighted by Gasteiger charge is 2.22. The number of carbonyl (C=O) groups is 1. The number of unbranched alkanes of at least 4 members (excludes halogenated alkanes) is 1. The third kappa shape index (κ3) is 6.90. The summed E-state index contributed by atoms with van der Waals surface area (Å²) in [5.74, 6) is 0.593. The normalized spacial score (nSPS) is 17.9. The Morgan fingerprint density at radius 3 is 3.04 bits per heavy atom. The molecule has 2 heterocycles. The van der Waals surface area contributed by atoms with E-state index in [1.807, 2.05) is 19.1 Å². The number of carbonyl (C=O) groups excluding carboxylic acids is 1. The lowest BCUT2D eigenvalue weighted by atomic mass is 10.0. The summed E-state index contributed by atoms with van der Waals surface area (Å²) in [6, 6.07) is 4.10. The van der Waals surface area contributed by atoms with Crippen molar-refractivity contribution in [1.29, 1.82) is 0 Å². The van der Waals surface area contributed by atoms with Crippen LogP contribution in [0.3, 0.4) is 0 Å². The number of aromatic nitrogens is 1. The maximum atomic E-state index is 12.1. The molecule has 2 rings (SSSR count). The number of nitrogens with zero attached hydrogens (tertiary/aromatic N) is 2. The van der Waals surface area contributed by atoms with Crippen molar-refractivity contribution in [1.82, 2.24) is 20.5 Å². The average molecular weight is 348 g/mol. The zero-order valence-electron chi connectivity index (χ0n) is 15.6. The summed E-state index contributed by atoms with van der Waals surface area (Å²) in [5, 5.41) is 5.94. The lowest BCUT2D eigenvalue weighted by Crippen LogP contribution is -2.48. The fourth-order valence-corrected chi connectivity index (χ4v) is 3.19. The number of hydrogen-bond acceptors (Lipinski definition) is 4. The molecule has 1 aromatic rings. The molecule has 1 aromatic heterocycles. The summed E-state index contributed by atoms with van der Waals surface area (Å²) in [7, 11) is 0. The van der Waals surface area contributed by atoms with E-state index in [2.05, 4.69) is 27.4 Å². The van der Waals surface area contributed by atoms with Crippen LogP contribution in [0.4, 0.5) is 4.79 Å². The van der Waals surface area contributed by atoms with Gasteiger partial charge in [-0.15, -0.1) is 0 Å². The van der Waals surface area contributed by atoms with E-state index in [1.54, 1.807) is 6.20 Å². The second kappa shape index (κ2) is 10.9. The van der Waals surface area contributed by atoms with Gasteiger partial charge >= 0.3 is 6.03 Å². The van der Waals surface area contributed by atoms with Crippen molar-refractivity contribution >= 4 is 6.03 Å². The number of likely N-dealkylation sites (tertiary alicyclic amines) is 1. The Labute approximate surface area is 151 Å². The van der Waals surface area contributed by atoms with E-state index >= 15 is 0 Å². The molecule has 140 valence electrons. The van der Waals surface area contributed by atoms with Crippen LogP contribution in [0.2, 0.25) is 0 Å². The lowest BCUT2D eigenvalue weighted by molar-refractivity contribution is 0.144. The van der Waals surface area contributed by atoms with Gasteiger partial charge in [-0.05, 0) is 50.9 Å². The molecule has 1 atom stereocenters. The van der Waals surface area contributed by atoms with Crippen molar-refractivity contribution in [2.45, 2.75) is 58.5 Å². The summed E-state index contributed by atoms with van der Waals surface area (Å²) in [6.07, 6.45) is 7.85. The third-order valence-corrected chi connectivity index (χ3v) is 4.59. The molecule has 0 spiro atoms. The Morgan fingerprint density at radius 1 is 1.36 bits per heavy atom. The number of urea groups is 1. The third-order valence-electron chi connectivity index (χ3n) is 4.59. The molecule has 1 aliphatic heterocycles. The van der Waals surface area contributed by atoms with E-state index in [0.29, 0.717) is 25.1 Å². The first-order chi connectivity index (χ1) is 12.2. The monoisotopic (exact) mass is 348 g/mol. The zero-order chi connectivity index (χ0) is 17.9. The Morgan fingerprint density at radius 2 is 2.24 bits per heavy atom. The summed E-state index contributed by atoms with van der Waals surface area (Å²) >= 11 is 0. The largest absolute Gasteiger partial charge is 0.478 e. The molecular weight excluding hydrogens is 316 g/mol. The summed E-state index contributed by atoms with van der Waals surface area (Å²) in [5.41, 5.74) is 0.982. The van der Waals surface area contributed by atoms with E-state index in [1.165, 1.54) is 32.1 Å². The smallest absolute Gasteiger partial charge is 0.315 e. The highest BCUT2D eigenvalue weighted by atomic mass is 16.5. The topological polar surface area (TPSA) is 66.5 Å². The molecule has 25 heavy (non-hydrogen) atoms. The summed E-state index contributed by atoms with van der Waals surface area (Å²) < 4.78 is 5.38. The summed E-state index contributed by atoms with van der Waals surface area (Å²) in [6.45, 7) is 8.22. The molecule has 1 aliphatic rings. The van der Waals surface area contributed by atoms with E-state index in [-0.39, 0.29) is 6.03 Å². The van der Waals surface area contributed by atoms with E-state index in [9.17, 15) is 4.79 Å². The molecule has 2 N–H and O–H groups in total. The van der Waals surface area contributed by atoms with Gasteiger partial charge in [-0.3, -0.25) is 4.90 Å². The van der Waals surface area contributed by atoms with Gasteiger partial charge < -0.3 is 15.4 Å². The fraction of sp³-hybridized carbons (Fsp3) is 0.684. The van der Waals surface area contributed by atoms with Crippen LogP contribution in [0.15, 0.2) is 18.3 Å². The van der Waals surface area contributed by atoms with E-state index in [4.69, 9.17) is 4.74 Å². The van der Waals surface area contributed by atoms with Gasteiger partial charge in [0, 0.05) is 31.4 Å². The van der Waals surface area contributed by atoms with Crippen LogP contribution in [0.25, 0.3) is 0 Å². The number of pyridine rings is 1. The second-order valence-electron chi connectivity index (χ2n) is 6.54. The molecule has 1 unspecified atom stereocenters. The molecule has 1 saturated heterocycles. The van der Waals surface area contributed by atoms with Crippen molar-refractivity contribution in [3.63, 3.8) is 0 Å². The van der Waals surface area contributed by atoms with Crippen molar-refractivity contribution < 1.29 is 9.53 Å². The van der Waals surface area contributed by atoms with Gasteiger partial charge in [-0.25, -0.2) is 9.78 Å². The average Bonchev–Trinajstić information content (AvgIpc) is 2.64. The lowest BCUT2D eigenvalue weighted by Gasteiger charge is -2.35. The number of piperidine rings is 1. The van der Waals surface area contributed by atoms with Gasteiger partial charge in [-0.2, -0.15) is 0 Å². The molecule has 0 saturated carbocycles. The van der Waals surface area contributed by atoms with Crippen LogP contribution in [-0.2, 0) is 6.54 Å². The first-order valence-corrected chi connectivity index (χ1v) is 9.56. The van der Waals surface area contributed by atoms with Crippen LogP contribution in [0.1, 0.15) is 51.5 Å². The number of rotatable bonds is 9. The molecule has 6 nitrogen and oxygen atoms in total. The predicted molar refractivity (Wildman–Crippen MR) is 99.8 cm³/mol. The minimum atomic E-state index is -0.115. The molecule has 0 aromatic carbocycles. The van der Waals surface area contributed by atoms with Crippen LogP contribution >= 0.6 is 0 Å². The van der Waals surface area contributed by atoms with Crippen LogP contribution < -0.4 is 15.4 Å². The first-order valence-electron chi connectivity index (χ1n) is 9.56.